The quantitative estimate of drug-likeness (QED) is 0.723. The largest absolute Gasteiger partial charge is 0.351 e. The van der Waals surface area contributed by atoms with E-state index in [4.69, 9.17) is 5.21 Å². The molecule has 0 bridgehead atoms. The molecule has 1 aromatic carbocycles. The maximum absolute atomic E-state index is 11.6. The number of carbonyl (C=O) groups is 1. The Morgan fingerprint density at radius 3 is 2.79 bits per heavy atom. The zero-order valence-electron chi connectivity index (χ0n) is 15.4. The number of hydroxylamine groups is 1. The van der Waals surface area contributed by atoms with E-state index < -0.39 is 0 Å². The van der Waals surface area contributed by atoms with E-state index in [2.05, 4.69) is 49.2 Å². The summed E-state index contributed by atoms with van der Waals surface area (Å²) in [6.07, 6.45) is 2.25. The number of aryl methyl sites for hydroxylation is 1. The fraction of sp³-hybridized carbons (Fsp3) is 0.632. The van der Waals surface area contributed by atoms with Gasteiger partial charge >= 0.3 is 0 Å². The first-order valence-electron chi connectivity index (χ1n) is 8.81. The van der Waals surface area contributed by atoms with Crippen LogP contribution in [0, 0.1) is 0 Å². The van der Waals surface area contributed by atoms with Crippen molar-refractivity contribution in [3.8, 4) is 0 Å². The fourth-order valence-electron chi connectivity index (χ4n) is 3.54. The molecule has 0 saturated heterocycles. The minimum Gasteiger partial charge on any atom is -0.351 e. The SMILES string of the molecule is C[C@@H](CN1CCCc2cccc(C(C)(C)C)c2C1)NC(=O)CNO. The second-order valence-corrected chi connectivity index (χ2v) is 7.84. The molecule has 1 heterocycles. The highest BCUT2D eigenvalue weighted by molar-refractivity contribution is 5.78. The Morgan fingerprint density at radius 2 is 2.12 bits per heavy atom. The van der Waals surface area contributed by atoms with Gasteiger partial charge in [-0.25, -0.2) is 0 Å². The van der Waals surface area contributed by atoms with Crippen LogP contribution in [0.25, 0.3) is 0 Å². The Balaban J connectivity index is 2.10. The summed E-state index contributed by atoms with van der Waals surface area (Å²) in [5.41, 5.74) is 6.38. The second-order valence-electron chi connectivity index (χ2n) is 7.84. The number of nitrogens with zero attached hydrogens (tertiary/aromatic N) is 1. The van der Waals surface area contributed by atoms with E-state index in [0.29, 0.717) is 0 Å². The maximum Gasteiger partial charge on any atom is 0.236 e. The van der Waals surface area contributed by atoms with Gasteiger partial charge in [-0.15, -0.1) is 0 Å². The fourth-order valence-corrected chi connectivity index (χ4v) is 3.54. The van der Waals surface area contributed by atoms with Gasteiger partial charge in [0, 0.05) is 19.1 Å². The summed E-state index contributed by atoms with van der Waals surface area (Å²) in [6.45, 7) is 11.5. The molecule has 24 heavy (non-hydrogen) atoms. The summed E-state index contributed by atoms with van der Waals surface area (Å²) in [6, 6.07) is 6.74. The van der Waals surface area contributed by atoms with Crippen LogP contribution < -0.4 is 10.8 Å². The van der Waals surface area contributed by atoms with Crippen molar-refractivity contribution in [3.05, 3.63) is 34.9 Å². The molecule has 1 amide bonds. The van der Waals surface area contributed by atoms with Crippen LogP contribution in [0.5, 0.6) is 0 Å². The van der Waals surface area contributed by atoms with Crippen LogP contribution in [0.4, 0.5) is 0 Å². The number of fused-ring (bicyclic) bond motifs is 1. The molecule has 0 radical (unpaired) electrons. The monoisotopic (exact) mass is 333 g/mol. The minimum absolute atomic E-state index is 0.0502. The Bertz CT molecular complexity index is 566. The zero-order valence-corrected chi connectivity index (χ0v) is 15.4. The van der Waals surface area contributed by atoms with Gasteiger partial charge in [-0.1, -0.05) is 39.0 Å². The lowest BCUT2D eigenvalue weighted by molar-refractivity contribution is -0.122. The lowest BCUT2D eigenvalue weighted by Crippen LogP contribution is -2.44. The van der Waals surface area contributed by atoms with Crippen LogP contribution in [0.15, 0.2) is 18.2 Å². The first-order valence-corrected chi connectivity index (χ1v) is 8.81. The molecule has 1 atom stereocenters. The summed E-state index contributed by atoms with van der Waals surface area (Å²) < 4.78 is 0. The lowest BCUT2D eigenvalue weighted by atomic mass is 9.81. The van der Waals surface area contributed by atoms with Crippen molar-refractivity contribution in [2.24, 2.45) is 0 Å². The van der Waals surface area contributed by atoms with Crippen LogP contribution in [0.2, 0.25) is 0 Å². The summed E-state index contributed by atoms with van der Waals surface area (Å²) in [4.78, 5) is 14.0. The van der Waals surface area contributed by atoms with E-state index in [9.17, 15) is 4.79 Å². The average Bonchev–Trinajstić information content (AvgIpc) is 2.67. The number of amides is 1. The van der Waals surface area contributed by atoms with Crippen molar-refractivity contribution in [2.45, 2.75) is 58.5 Å². The highest BCUT2D eigenvalue weighted by atomic mass is 16.5. The van der Waals surface area contributed by atoms with Crippen molar-refractivity contribution in [1.82, 2.24) is 15.7 Å². The smallest absolute Gasteiger partial charge is 0.236 e. The second kappa shape index (κ2) is 8.10. The summed E-state index contributed by atoms with van der Waals surface area (Å²) in [7, 11) is 0. The molecule has 0 aliphatic carbocycles. The highest BCUT2D eigenvalue weighted by Crippen LogP contribution is 2.31. The van der Waals surface area contributed by atoms with E-state index in [1.165, 1.54) is 16.7 Å². The van der Waals surface area contributed by atoms with Gasteiger partial charge in [0.05, 0.1) is 6.54 Å². The topological polar surface area (TPSA) is 64.6 Å². The van der Waals surface area contributed by atoms with Gasteiger partial charge < -0.3 is 10.5 Å². The third-order valence-corrected chi connectivity index (χ3v) is 4.56. The Hall–Kier alpha value is -1.43. The number of rotatable bonds is 5. The summed E-state index contributed by atoms with van der Waals surface area (Å²) in [5.74, 6) is -0.185. The first kappa shape index (κ1) is 18.9. The minimum atomic E-state index is -0.185. The van der Waals surface area contributed by atoms with E-state index >= 15 is 0 Å². The van der Waals surface area contributed by atoms with Gasteiger partial charge in [0.2, 0.25) is 5.91 Å². The van der Waals surface area contributed by atoms with Crippen LogP contribution in [-0.4, -0.2) is 41.7 Å². The van der Waals surface area contributed by atoms with E-state index in [-0.39, 0.29) is 23.9 Å². The van der Waals surface area contributed by atoms with Crippen molar-refractivity contribution < 1.29 is 10.0 Å². The van der Waals surface area contributed by atoms with Crippen molar-refractivity contribution in [3.63, 3.8) is 0 Å². The maximum atomic E-state index is 11.6. The molecule has 1 aliphatic heterocycles. The summed E-state index contributed by atoms with van der Waals surface area (Å²) in [5, 5.41) is 11.5. The van der Waals surface area contributed by atoms with Gasteiger partial charge in [-0.2, -0.15) is 5.48 Å². The first-order chi connectivity index (χ1) is 11.3. The van der Waals surface area contributed by atoms with Gasteiger partial charge in [0.1, 0.15) is 0 Å². The number of hydrogen-bond donors (Lipinski definition) is 3. The molecule has 3 N–H and O–H groups in total. The third kappa shape index (κ3) is 5.03. The number of carbonyl (C=O) groups excluding carboxylic acids is 1. The lowest BCUT2D eigenvalue weighted by Gasteiger charge is -2.29. The van der Waals surface area contributed by atoms with Gasteiger partial charge in [0.25, 0.3) is 0 Å². The van der Waals surface area contributed by atoms with E-state index in [0.717, 1.165) is 32.5 Å². The third-order valence-electron chi connectivity index (χ3n) is 4.56. The summed E-state index contributed by atoms with van der Waals surface area (Å²) >= 11 is 0. The Kier molecular flexibility index (Phi) is 6.38. The number of benzene rings is 1. The molecule has 0 saturated carbocycles. The van der Waals surface area contributed by atoms with Crippen LogP contribution in [-0.2, 0) is 23.2 Å². The highest BCUT2D eigenvalue weighted by Gasteiger charge is 2.24. The van der Waals surface area contributed by atoms with Gasteiger partial charge in [-0.05, 0) is 48.4 Å². The molecular weight excluding hydrogens is 302 g/mol. The molecule has 5 heteroatoms. The van der Waals surface area contributed by atoms with Gasteiger partial charge in [-0.3, -0.25) is 9.69 Å². The molecule has 1 aromatic rings. The average molecular weight is 333 g/mol. The van der Waals surface area contributed by atoms with E-state index in [1.54, 1.807) is 0 Å². The van der Waals surface area contributed by atoms with E-state index in [1.807, 2.05) is 12.4 Å². The predicted molar refractivity (Wildman–Crippen MR) is 96.1 cm³/mol. The number of nitrogens with one attached hydrogen (secondary N) is 2. The van der Waals surface area contributed by atoms with Crippen molar-refractivity contribution in [2.75, 3.05) is 19.6 Å². The zero-order chi connectivity index (χ0) is 17.7. The molecular formula is C19H31N3O2. The molecule has 1 aliphatic rings. The molecule has 5 nitrogen and oxygen atoms in total. The van der Waals surface area contributed by atoms with Gasteiger partial charge in [0.15, 0.2) is 0 Å². The Morgan fingerprint density at radius 1 is 1.38 bits per heavy atom. The number of hydrogen-bond acceptors (Lipinski definition) is 4. The van der Waals surface area contributed by atoms with Crippen LogP contribution in [0.3, 0.4) is 0 Å². The van der Waals surface area contributed by atoms with Crippen LogP contribution in [0.1, 0.15) is 50.8 Å². The standard InChI is InChI=1S/C19H31N3O2/c1-14(21-18(23)11-20-24)12-22-10-6-8-15-7-5-9-17(16(15)13-22)19(2,3)4/h5,7,9,14,20,24H,6,8,10-13H2,1-4H3,(H,21,23)/t14-/m0/s1. The normalized spacial score (nSPS) is 17.0. The molecule has 0 aromatic heterocycles. The molecule has 0 unspecified atom stereocenters. The van der Waals surface area contributed by atoms with Crippen molar-refractivity contribution in [1.29, 1.82) is 0 Å². The van der Waals surface area contributed by atoms with Crippen LogP contribution >= 0.6 is 0 Å². The molecule has 2 rings (SSSR count). The molecule has 0 fully saturated rings. The Labute approximate surface area is 145 Å². The van der Waals surface area contributed by atoms with Crippen molar-refractivity contribution >= 4 is 5.91 Å². The predicted octanol–water partition coefficient (Wildman–Crippen LogP) is 2.22. The molecule has 134 valence electrons. The molecule has 0 spiro atoms.